The molecule has 0 saturated carbocycles. The largest absolute Gasteiger partial charge is 0.493 e. The molecule has 174 valence electrons. The van der Waals surface area contributed by atoms with E-state index in [0.29, 0.717) is 23.8 Å². The summed E-state index contributed by atoms with van der Waals surface area (Å²) in [5, 5.41) is 4.25. The van der Waals surface area contributed by atoms with Gasteiger partial charge in [0.1, 0.15) is 12.3 Å². The third kappa shape index (κ3) is 7.50. The van der Waals surface area contributed by atoms with Crippen molar-refractivity contribution < 1.29 is 19.1 Å². The standard InChI is InChI=1S/C26H31N3O4/c1-28-15-17-29(18-16-28)26(30)14-12-23(27-33-20-22-7-5-4-6-8-22)11-9-21-10-13-24(31-2)25(19-21)32-3/h4-14,19H,15-18,20H2,1-3H3. The fourth-order valence-corrected chi connectivity index (χ4v) is 3.30. The van der Waals surface area contributed by atoms with Gasteiger partial charge in [0.2, 0.25) is 5.91 Å². The van der Waals surface area contributed by atoms with Crippen LogP contribution in [0.2, 0.25) is 0 Å². The number of hydrogen-bond acceptors (Lipinski definition) is 6. The lowest BCUT2D eigenvalue weighted by Gasteiger charge is -2.31. The van der Waals surface area contributed by atoms with Gasteiger partial charge in [-0.25, -0.2) is 0 Å². The third-order valence-corrected chi connectivity index (χ3v) is 5.31. The summed E-state index contributed by atoms with van der Waals surface area (Å²) in [6, 6.07) is 15.4. The van der Waals surface area contributed by atoms with Gasteiger partial charge in [0.25, 0.3) is 0 Å². The molecule has 1 amide bonds. The van der Waals surface area contributed by atoms with Gasteiger partial charge in [0.15, 0.2) is 11.5 Å². The minimum Gasteiger partial charge on any atom is -0.493 e. The molecule has 0 radical (unpaired) electrons. The molecule has 1 aliphatic heterocycles. The highest BCUT2D eigenvalue weighted by molar-refractivity contribution is 6.09. The lowest BCUT2D eigenvalue weighted by atomic mass is 10.1. The third-order valence-electron chi connectivity index (χ3n) is 5.31. The lowest BCUT2D eigenvalue weighted by molar-refractivity contribution is -0.127. The van der Waals surface area contributed by atoms with Crippen molar-refractivity contribution in [3.8, 4) is 11.5 Å². The molecule has 0 spiro atoms. The van der Waals surface area contributed by atoms with E-state index in [0.717, 1.165) is 37.3 Å². The maximum absolute atomic E-state index is 12.6. The molecule has 33 heavy (non-hydrogen) atoms. The average molecular weight is 450 g/mol. The minimum absolute atomic E-state index is 0.0293. The van der Waals surface area contributed by atoms with Crippen molar-refractivity contribution in [2.45, 2.75) is 6.61 Å². The quantitative estimate of drug-likeness (QED) is 0.332. The summed E-state index contributed by atoms with van der Waals surface area (Å²) >= 11 is 0. The maximum atomic E-state index is 12.6. The zero-order valence-corrected chi connectivity index (χ0v) is 19.4. The van der Waals surface area contributed by atoms with Crippen molar-refractivity contribution >= 4 is 17.7 Å². The molecule has 0 aromatic heterocycles. The monoisotopic (exact) mass is 449 g/mol. The molecule has 1 fully saturated rings. The predicted molar refractivity (Wildman–Crippen MR) is 130 cm³/mol. The van der Waals surface area contributed by atoms with Gasteiger partial charge in [0.05, 0.1) is 14.2 Å². The summed E-state index contributed by atoms with van der Waals surface area (Å²) in [6.07, 6.45) is 6.93. The summed E-state index contributed by atoms with van der Waals surface area (Å²) in [5.41, 5.74) is 2.45. The molecule has 2 aromatic rings. The van der Waals surface area contributed by atoms with Crippen LogP contribution in [-0.4, -0.2) is 68.9 Å². The molecular formula is C26H31N3O4. The zero-order valence-electron chi connectivity index (χ0n) is 19.4. The van der Waals surface area contributed by atoms with Crippen LogP contribution >= 0.6 is 0 Å². The Bertz CT molecular complexity index is 994. The van der Waals surface area contributed by atoms with Crippen LogP contribution in [0.25, 0.3) is 6.08 Å². The Kier molecular flexibility index (Phi) is 9.08. The number of hydrogen-bond donors (Lipinski definition) is 0. The summed E-state index contributed by atoms with van der Waals surface area (Å²) in [6.45, 7) is 3.53. The van der Waals surface area contributed by atoms with E-state index in [1.807, 2.05) is 59.5 Å². The molecular weight excluding hydrogens is 418 g/mol. The number of allylic oxidation sites excluding steroid dienone is 2. The fourth-order valence-electron chi connectivity index (χ4n) is 3.30. The molecule has 0 unspecified atom stereocenters. The number of carbonyl (C=O) groups is 1. The highest BCUT2D eigenvalue weighted by Gasteiger charge is 2.16. The second-order valence-electron chi connectivity index (χ2n) is 7.68. The Balaban J connectivity index is 1.73. The van der Waals surface area contributed by atoms with Crippen molar-refractivity contribution in [3.05, 3.63) is 77.9 Å². The van der Waals surface area contributed by atoms with Crippen LogP contribution in [0.3, 0.4) is 0 Å². The van der Waals surface area contributed by atoms with Crippen LogP contribution in [-0.2, 0) is 16.2 Å². The van der Waals surface area contributed by atoms with Gasteiger partial charge in [-0.15, -0.1) is 0 Å². The van der Waals surface area contributed by atoms with Crippen molar-refractivity contribution in [2.24, 2.45) is 5.16 Å². The van der Waals surface area contributed by atoms with E-state index in [4.69, 9.17) is 14.3 Å². The minimum atomic E-state index is -0.0293. The van der Waals surface area contributed by atoms with Crippen LogP contribution in [0.4, 0.5) is 0 Å². The molecule has 1 saturated heterocycles. The zero-order chi connectivity index (χ0) is 23.5. The Morgan fingerprint density at radius 2 is 1.67 bits per heavy atom. The van der Waals surface area contributed by atoms with Gasteiger partial charge in [-0.05, 0) is 42.5 Å². The summed E-state index contributed by atoms with van der Waals surface area (Å²) in [5.74, 6) is 1.27. The molecule has 1 heterocycles. The molecule has 0 aliphatic carbocycles. The number of benzene rings is 2. The first-order valence-corrected chi connectivity index (χ1v) is 10.9. The molecule has 7 nitrogen and oxygen atoms in total. The van der Waals surface area contributed by atoms with E-state index >= 15 is 0 Å². The Hall–Kier alpha value is -3.58. The van der Waals surface area contributed by atoms with Gasteiger partial charge in [-0.3, -0.25) is 4.79 Å². The number of ether oxygens (including phenoxy) is 2. The van der Waals surface area contributed by atoms with Crippen molar-refractivity contribution in [1.29, 1.82) is 0 Å². The lowest BCUT2D eigenvalue weighted by Crippen LogP contribution is -2.46. The number of carbonyl (C=O) groups excluding carboxylic acids is 1. The van der Waals surface area contributed by atoms with Crippen molar-refractivity contribution in [1.82, 2.24) is 9.80 Å². The molecule has 2 aromatic carbocycles. The second-order valence-corrected chi connectivity index (χ2v) is 7.68. The predicted octanol–water partition coefficient (Wildman–Crippen LogP) is 3.62. The van der Waals surface area contributed by atoms with Gasteiger partial charge < -0.3 is 24.1 Å². The Labute approximate surface area is 195 Å². The first kappa shape index (κ1) is 24.1. The molecule has 0 bridgehead atoms. The van der Waals surface area contributed by atoms with Crippen molar-refractivity contribution in [3.63, 3.8) is 0 Å². The van der Waals surface area contributed by atoms with E-state index < -0.39 is 0 Å². The first-order valence-electron chi connectivity index (χ1n) is 10.9. The molecule has 3 rings (SSSR count). The highest BCUT2D eigenvalue weighted by Crippen LogP contribution is 2.28. The van der Waals surface area contributed by atoms with Gasteiger partial charge >= 0.3 is 0 Å². The van der Waals surface area contributed by atoms with E-state index in [1.165, 1.54) is 0 Å². The number of nitrogens with zero attached hydrogens (tertiary/aromatic N) is 3. The maximum Gasteiger partial charge on any atom is 0.246 e. The molecule has 0 N–H and O–H groups in total. The average Bonchev–Trinajstić information content (AvgIpc) is 2.86. The highest BCUT2D eigenvalue weighted by atomic mass is 16.6. The number of methoxy groups -OCH3 is 2. The number of likely N-dealkylation sites (N-methyl/N-ethyl adjacent to an activating group) is 1. The van der Waals surface area contributed by atoms with Gasteiger partial charge in [0, 0.05) is 32.3 Å². The Morgan fingerprint density at radius 1 is 0.939 bits per heavy atom. The van der Waals surface area contributed by atoms with Crippen LogP contribution < -0.4 is 9.47 Å². The topological polar surface area (TPSA) is 63.6 Å². The molecule has 0 atom stereocenters. The molecule has 1 aliphatic rings. The number of piperazine rings is 1. The number of oxime groups is 1. The van der Waals surface area contributed by atoms with Crippen LogP contribution in [0.1, 0.15) is 11.1 Å². The van der Waals surface area contributed by atoms with Crippen molar-refractivity contribution in [2.75, 3.05) is 47.4 Å². The summed E-state index contributed by atoms with van der Waals surface area (Å²) < 4.78 is 10.7. The summed E-state index contributed by atoms with van der Waals surface area (Å²) in [7, 11) is 5.26. The van der Waals surface area contributed by atoms with Crippen LogP contribution in [0, 0.1) is 0 Å². The van der Waals surface area contributed by atoms with E-state index in [-0.39, 0.29) is 5.91 Å². The normalized spacial score (nSPS) is 15.2. The van der Waals surface area contributed by atoms with E-state index in [9.17, 15) is 4.79 Å². The van der Waals surface area contributed by atoms with Gasteiger partial charge in [-0.2, -0.15) is 0 Å². The number of amides is 1. The number of rotatable bonds is 9. The van der Waals surface area contributed by atoms with E-state index in [2.05, 4.69) is 17.1 Å². The molecule has 7 heteroatoms. The van der Waals surface area contributed by atoms with Crippen LogP contribution in [0.15, 0.2) is 71.9 Å². The second kappa shape index (κ2) is 12.5. The summed E-state index contributed by atoms with van der Waals surface area (Å²) in [4.78, 5) is 22.2. The smallest absolute Gasteiger partial charge is 0.246 e. The van der Waals surface area contributed by atoms with Crippen LogP contribution in [0.5, 0.6) is 11.5 Å². The SMILES string of the molecule is COc1ccc(C=CC(C=CC(=O)N2CCN(C)CC2)=NOCc2ccccc2)cc1OC. The fraction of sp³-hybridized carbons (Fsp3) is 0.308. The van der Waals surface area contributed by atoms with E-state index in [1.54, 1.807) is 32.4 Å². The van der Waals surface area contributed by atoms with Gasteiger partial charge in [-0.1, -0.05) is 47.6 Å². The first-order chi connectivity index (χ1) is 16.1. The Morgan fingerprint density at radius 3 is 2.36 bits per heavy atom.